The van der Waals surface area contributed by atoms with Gasteiger partial charge < -0.3 is 5.32 Å². The summed E-state index contributed by atoms with van der Waals surface area (Å²) in [6.07, 6.45) is 0. The molecule has 0 atom stereocenters. The summed E-state index contributed by atoms with van der Waals surface area (Å²) in [7, 11) is -3.88. The quantitative estimate of drug-likeness (QED) is 0.310. The van der Waals surface area contributed by atoms with E-state index in [-0.39, 0.29) is 22.1 Å². The molecule has 0 bridgehead atoms. The van der Waals surface area contributed by atoms with Crippen LogP contribution in [0.3, 0.4) is 0 Å². The summed E-state index contributed by atoms with van der Waals surface area (Å²) in [6, 6.07) is 27.3. The third-order valence-corrected chi connectivity index (χ3v) is 7.78. The Morgan fingerprint density at radius 3 is 2.12 bits per heavy atom. The molecule has 2 N–H and O–H groups in total. The molecule has 5 rings (SSSR count). The van der Waals surface area contributed by atoms with Gasteiger partial charge in [0, 0.05) is 4.70 Å². The normalized spacial score (nSPS) is 11.5. The van der Waals surface area contributed by atoms with Gasteiger partial charge in [-0.3, -0.25) is 9.52 Å². The van der Waals surface area contributed by atoms with Crippen LogP contribution in [0.2, 0.25) is 0 Å². The van der Waals surface area contributed by atoms with Gasteiger partial charge in [-0.2, -0.15) is 0 Å². The van der Waals surface area contributed by atoms with Gasteiger partial charge in [-0.05, 0) is 59.5 Å². The first-order valence-corrected chi connectivity index (χ1v) is 12.6. The molecule has 0 fully saturated rings. The third kappa shape index (κ3) is 4.33. The molecule has 0 aliphatic heterocycles. The molecule has 0 aliphatic rings. The molecular formula is C26H20N2O3S2. The Morgan fingerprint density at radius 2 is 1.42 bits per heavy atom. The molecule has 0 spiro atoms. The fourth-order valence-corrected chi connectivity index (χ4v) is 5.69. The first kappa shape index (κ1) is 21.2. The molecule has 0 saturated carbocycles. The Hall–Kier alpha value is -3.68. The molecule has 0 unspecified atom stereocenters. The van der Waals surface area contributed by atoms with Crippen LogP contribution in [0.15, 0.2) is 95.9 Å². The lowest BCUT2D eigenvalue weighted by molar-refractivity contribution is 0.102. The number of sulfonamides is 1. The van der Waals surface area contributed by atoms with Gasteiger partial charge in [-0.15, -0.1) is 11.3 Å². The molecule has 7 heteroatoms. The molecule has 0 aliphatic carbocycles. The van der Waals surface area contributed by atoms with E-state index in [1.54, 1.807) is 36.4 Å². The Bertz CT molecular complexity index is 1570. The first-order chi connectivity index (χ1) is 15.9. The van der Waals surface area contributed by atoms with Crippen LogP contribution >= 0.6 is 11.3 Å². The molecular weight excluding hydrogens is 452 g/mol. The highest BCUT2D eigenvalue weighted by molar-refractivity contribution is 7.92. The number of anilines is 2. The van der Waals surface area contributed by atoms with Crippen molar-refractivity contribution >= 4 is 58.8 Å². The second-order valence-electron chi connectivity index (χ2n) is 7.77. The Labute approximate surface area is 195 Å². The van der Waals surface area contributed by atoms with Crippen molar-refractivity contribution in [2.24, 2.45) is 0 Å². The van der Waals surface area contributed by atoms with Crippen LogP contribution in [0.1, 0.15) is 15.9 Å². The molecule has 4 aromatic carbocycles. The topological polar surface area (TPSA) is 75.3 Å². The smallest absolute Gasteiger partial charge is 0.261 e. The van der Waals surface area contributed by atoms with Crippen molar-refractivity contribution in [3.8, 4) is 0 Å². The van der Waals surface area contributed by atoms with E-state index in [9.17, 15) is 13.2 Å². The van der Waals surface area contributed by atoms with Gasteiger partial charge in [0.25, 0.3) is 15.9 Å². The van der Waals surface area contributed by atoms with E-state index in [1.807, 2.05) is 61.5 Å². The summed E-state index contributed by atoms with van der Waals surface area (Å²) in [5.74, 6) is -0.381. The second-order valence-corrected chi connectivity index (χ2v) is 10.5. The highest BCUT2D eigenvalue weighted by Crippen LogP contribution is 2.32. The number of nitrogens with one attached hydrogen (secondary N) is 2. The highest BCUT2D eigenvalue weighted by Gasteiger charge is 2.20. The minimum Gasteiger partial charge on any atom is -0.313 e. The standard InChI is InChI=1S/C26H20N2O3S2/c1-17-10-12-21(13-11-17)33(30,31)28-23-15-19-7-3-2-6-18(19)14-22(23)26(29)27-25-16-20-8-4-5-9-24(20)32-25/h2-16,28H,1H3,(H,27,29). The molecule has 164 valence electrons. The molecule has 1 aromatic heterocycles. The summed E-state index contributed by atoms with van der Waals surface area (Å²) in [4.78, 5) is 13.4. The number of rotatable bonds is 5. The van der Waals surface area contributed by atoms with Crippen molar-refractivity contribution in [2.45, 2.75) is 11.8 Å². The van der Waals surface area contributed by atoms with Crippen LogP contribution in [0.25, 0.3) is 20.9 Å². The lowest BCUT2D eigenvalue weighted by atomic mass is 10.0. The van der Waals surface area contributed by atoms with Crippen molar-refractivity contribution in [3.63, 3.8) is 0 Å². The second kappa shape index (κ2) is 8.35. The summed E-state index contributed by atoms with van der Waals surface area (Å²) in [5, 5.41) is 6.34. The first-order valence-electron chi connectivity index (χ1n) is 10.3. The summed E-state index contributed by atoms with van der Waals surface area (Å²) < 4.78 is 29.8. The fraction of sp³-hybridized carbons (Fsp3) is 0.0385. The van der Waals surface area contributed by atoms with Crippen molar-refractivity contribution in [2.75, 3.05) is 10.0 Å². The highest BCUT2D eigenvalue weighted by atomic mass is 32.2. The van der Waals surface area contributed by atoms with Gasteiger partial charge >= 0.3 is 0 Å². The van der Waals surface area contributed by atoms with E-state index in [1.165, 1.54) is 11.3 Å². The Kier molecular flexibility index (Phi) is 5.36. The lowest BCUT2D eigenvalue weighted by Crippen LogP contribution is -2.18. The van der Waals surface area contributed by atoms with Crippen LogP contribution in [-0.2, 0) is 10.0 Å². The SMILES string of the molecule is Cc1ccc(S(=O)(=O)Nc2cc3ccccc3cc2C(=O)Nc2cc3ccccc3s2)cc1. The fourth-order valence-electron chi connectivity index (χ4n) is 3.66. The number of hydrogen-bond donors (Lipinski definition) is 2. The van der Waals surface area contributed by atoms with E-state index >= 15 is 0 Å². The minimum atomic E-state index is -3.88. The molecule has 0 radical (unpaired) electrons. The number of carbonyl (C=O) groups is 1. The predicted octanol–water partition coefficient (Wildman–Crippen LogP) is 6.42. The van der Waals surface area contributed by atoms with Gasteiger partial charge in [-0.25, -0.2) is 8.42 Å². The molecule has 0 saturated heterocycles. The maximum absolute atomic E-state index is 13.3. The zero-order valence-electron chi connectivity index (χ0n) is 17.7. The number of hydrogen-bond acceptors (Lipinski definition) is 4. The summed E-state index contributed by atoms with van der Waals surface area (Å²) in [5.41, 5.74) is 1.44. The van der Waals surface area contributed by atoms with Gasteiger partial charge in [0.1, 0.15) is 0 Å². The molecule has 1 heterocycles. The van der Waals surface area contributed by atoms with E-state index in [0.717, 1.165) is 26.4 Å². The van der Waals surface area contributed by atoms with E-state index < -0.39 is 10.0 Å². The van der Waals surface area contributed by atoms with E-state index in [4.69, 9.17) is 0 Å². The Morgan fingerprint density at radius 1 is 0.788 bits per heavy atom. The Balaban J connectivity index is 1.54. The summed E-state index contributed by atoms with van der Waals surface area (Å²) in [6.45, 7) is 1.89. The van der Waals surface area contributed by atoms with Crippen molar-refractivity contribution in [1.29, 1.82) is 0 Å². The zero-order chi connectivity index (χ0) is 23.0. The van der Waals surface area contributed by atoms with Crippen LogP contribution in [0.4, 0.5) is 10.7 Å². The number of benzene rings is 4. The number of amides is 1. The number of fused-ring (bicyclic) bond motifs is 2. The zero-order valence-corrected chi connectivity index (χ0v) is 19.3. The van der Waals surface area contributed by atoms with Gasteiger partial charge in [0.15, 0.2) is 0 Å². The number of thiophene rings is 1. The van der Waals surface area contributed by atoms with Crippen LogP contribution < -0.4 is 10.0 Å². The average molecular weight is 473 g/mol. The van der Waals surface area contributed by atoms with E-state index in [0.29, 0.717) is 5.00 Å². The van der Waals surface area contributed by atoms with E-state index in [2.05, 4.69) is 10.0 Å². The lowest BCUT2D eigenvalue weighted by Gasteiger charge is -2.14. The molecule has 1 amide bonds. The van der Waals surface area contributed by atoms with Gasteiger partial charge in [0.05, 0.1) is 21.1 Å². The molecule has 33 heavy (non-hydrogen) atoms. The maximum Gasteiger partial charge on any atom is 0.261 e. The number of aryl methyl sites for hydroxylation is 1. The van der Waals surface area contributed by atoms with Gasteiger partial charge in [-0.1, -0.05) is 60.2 Å². The third-order valence-electron chi connectivity index (χ3n) is 5.37. The van der Waals surface area contributed by atoms with Crippen molar-refractivity contribution < 1.29 is 13.2 Å². The largest absolute Gasteiger partial charge is 0.313 e. The van der Waals surface area contributed by atoms with Crippen molar-refractivity contribution in [3.05, 3.63) is 102 Å². The van der Waals surface area contributed by atoms with Crippen LogP contribution in [0, 0.1) is 6.92 Å². The van der Waals surface area contributed by atoms with Crippen LogP contribution in [0.5, 0.6) is 0 Å². The maximum atomic E-state index is 13.3. The minimum absolute atomic E-state index is 0.136. The van der Waals surface area contributed by atoms with Crippen molar-refractivity contribution in [1.82, 2.24) is 0 Å². The van der Waals surface area contributed by atoms with Crippen LogP contribution in [-0.4, -0.2) is 14.3 Å². The average Bonchev–Trinajstić information content (AvgIpc) is 3.21. The number of carbonyl (C=O) groups excluding carboxylic acids is 1. The summed E-state index contributed by atoms with van der Waals surface area (Å²) >= 11 is 1.47. The monoisotopic (exact) mass is 472 g/mol. The van der Waals surface area contributed by atoms with Gasteiger partial charge in [0.2, 0.25) is 0 Å². The molecule has 5 aromatic rings. The predicted molar refractivity (Wildman–Crippen MR) is 136 cm³/mol. The molecule has 5 nitrogen and oxygen atoms in total.